The molecule has 0 unspecified atom stereocenters. The summed E-state index contributed by atoms with van der Waals surface area (Å²) in [6, 6.07) is 0.605. The van der Waals surface area contributed by atoms with E-state index in [9.17, 15) is 4.79 Å². The molecule has 2 heterocycles. The van der Waals surface area contributed by atoms with Crippen LogP contribution in [0.1, 0.15) is 45.1 Å². The van der Waals surface area contributed by atoms with Gasteiger partial charge in [-0.3, -0.25) is 4.79 Å². The van der Waals surface area contributed by atoms with Gasteiger partial charge in [0.2, 0.25) is 0 Å². The molecule has 1 aromatic rings. The van der Waals surface area contributed by atoms with Gasteiger partial charge in [-0.15, -0.1) is 0 Å². The van der Waals surface area contributed by atoms with E-state index in [1.54, 1.807) is 0 Å². The van der Waals surface area contributed by atoms with Crippen molar-refractivity contribution in [2.24, 2.45) is 0 Å². The zero-order valence-electron chi connectivity index (χ0n) is 12.3. The normalized spacial score (nSPS) is 17.2. The Morgan fingerprint density at radius 3 is 2.80 bits per heavy atom. The van der Waals surface area contributed by atoms with Crippen LogP contribution in [-0.4, -0.2) is 46.7 Å². The summed E-state index contributed by atoms with van der Waals surface area (Å²) in [4.78, 5) is 17.8. The number of hydrogen-bond acceptors (Lipinski definition) is 4. The highest BCUT2D eigenvalue weighted by molar-refractivity contribution is 5.69. The van der Waals surface area contributed by atoms with Gasteiger partial charge in [0.05, 0.1) is 12.9 Å². The van der Waals surface area contributed by atoms with E-state index >= 15 is 0 Å². The Balaban J connectivity index is 1.57. The monoisotopic (exact) mass is 279 g/mol. The summed E-state index contributed by atoms with van der Waals surface area (Å²) in [5.41, 5.74) is 0. The largest absolute Gasteiger partial charge is 0.466 e. The molecule has 1 fully saturated rings. The molecule has 1 aliphatic rings. The number of ether oxygens (including phenoxy) is 1. The zero-order valence-corrected chi connectivity index (χ0v) is 12.3. The summed E-state index contributed by atoms with van der Waals surface area (Å²) in [5.74, 6) is -0.0636. The predicted molar refractivity (Wildman–Crippen MR) is 77.4 cm³/mol. The Bertz CT molecular complexity index is 384. The number of unbranched alkanes of at least 4 members (excludes halogenated alkanes) is 1. The van der Waals surface area contributed by atoms with Crippen molar-refractivity contribution in [3.8, 4) is 0 Å². The first-order valence-electron chi connectivity index (χ1n) is 7.65. The first kappa shape index (κ1) is 15.0. The van der Waals surface area contributed by atoms with Crippen molar-refractivity contribution in [3.63, 3.8) is 0 Å². The van der Waals surface area contributed by atoms with Crippen molar-refractivity contribution in [3.05, 3.63) is 18.7 Å². The van der Waals surface area contributed by atoms with Crippen LogP contribution in [0.3, 0.4) is 0 Å². The Kier molecular flexibility index (Phi) is 6.05. The molecular weight excluding hydrogens is 254 g/mol. The van der Waals surface area contributed by atoms with E-state index in [-0.39, 0.29) is 5.97 Å². The Morgan fingerprint density at radius 1 is 1.35 bits per heavy atom. The highest BCUT2D eigenvalue weighted by Gasteiger charge is 2.19. The van der Waals surface area contributed by atoms with E-state index < -0.39 is 0 Å². The maximum Gasteiger partial charge on any atom is 0.305 e. The maximum absolute atomic E-state index is 11.2. The number of nitrogens with zero attached hydrogens (tertiary/aromatic N) is 3. The number of carbonyl (C=O) groups excluding carboxylic acids is 1. The van der Waals surface area contributed by atoms with Crippen molar-refractivity contribution in [2.45, 2.75) is 45.1 Å². The minimum Gasteiger partial charge on any atom is -0.466 e. The van der Waals surface area contributed by atoms with E-state index in [4.69, 9.17) is 4.74 Å². The summed E-state index contributed by atoms with van der Waals surface area (Å²) in [6.45, 7) is 5.71. The zero-order chi connectivity index (χ0) is 14.2. The minimum absolute atomic E-state index is 0.0636. The van der Waals surface area contributed by atoms with Crippen LogP contribution in [-0.2, 0) is 9.53 Å². The Hall–Kier alpha value is -1.36. The predicted octanol–water partition coefficient (Wildman–Crippen LogP) is 2.25. The van der Waals surface area contributed by atoms with Crippen LogP contribution < -0.4 is 0 Å². The third-order valence-corrected chi connectivity index (χ3v) is 3.91. The first-order valence-corrected chi connectivity index (χ1v) is 7.65. The van der Waals surface area contributed by atoms with E-state index in [1.165, 1.54) is 12.8 Å². The second kappa shape index (κ2) is 8.04. The summed E-state index contributed by atoms with van der Waals surface area (Å²) in [7, 11) is 0. The number of aromatic nitrogens is 2. The van der Waals surface area contributed by atoms with Gasteiger partial charge < -0.3 is 14.2 Å². The number of carbonyl (C=O) groups is 1. The summed E-state index contributed by atoms with van der Waals surface area (Å²) in [5, 5.41) is 0. The lowest BCUT2D eigenvalue weighted by Gasteiger charge is -2.32. The van der Waals surface area contributed by atoms with Crippen molar-refractivity contribution in [1.82, 2.24) is 14.5 Å². The lowest BCUT2D eigenvalue weighted by Crippen LogP contribution is -2.35. The average molecular weight is 279 g/mol. The second-order valence-corrected chi connectivity index (χ2v) is 5.34. The molecule has 1 aromatic heterocycles. The van der Waals surface area contributed by atoms with Crippen LogP contribution >= 0.6 is 0 Å². The van der Waals surface area contributed by atoms with E-state index in [0.717, 1.165) is 32.5 Å². The van der Waals surface area contributed by atoms with E-state index in [2.05, 4.69) is 20.6 Å². The molecule has 2 rings (SSSR count). The SMILES string of the molecule is CCOC(=O)CCCCN1CCC(n2ccnc2)CC1. The van der Waals surface area contributed by atoms with Gasteiger partial charge in [-0.2, -0.15) is 0 Å². The number of hydrogen-bond donors (Lipinski definition) is 0. The van der Waals surface area contributed by atoms with E-state index in [1.807, 2.05) is 19.4 Å². The number of imidazole rings is 1. The second-order valence-electron chi connectivity index (χ2n) is 5.34. The molecule has 0 aliphatic carbocycles. The van der Waals surface area contributed by atoms with Crippen molar-refractivity contribution >= 4 is 5.97 Å². The fourth-order valence-corrected chi connectivity index (χ4v) is 2.76. The number of likely N-dealkylation sites (tertiary alicyclic amines) is 1. The quantitative estimate of drug-likeness (QED) is 0.567. The summed E-state index contributed by atoms with van der Waals surface area (Å²) < 4.78 is 7.15. The number of piperidine rings is 1. The van der Waals surface area contributed by atoms with Crippen molar-refractivity contribution < 1.29 is 9.53 Å². The first-order chi connectivity index (χ1) is 9.79. The third-order valence-electron chi connectivity index (χ3n) is 3.91. The van der Waals surface area contributed by atoms with Gasteiger partial charge in [0, 0.05) is 37.9 Å². The summed E-state index contributed by atoms with van der Waals surface area (Å²) >= 11 is 0. The fourth-order valence-electron chi connectivity index (χ4n) is 2.76. The van der Waals surface area contributed by atoms with Gasteiger partial charge in [0.1, 0.15) is 0 Å². The molecule has 5 nitrogen and oxygen atoms in total. The van der Waals surface area contributed by atoms with Crippen LogP contribution in [0.25, 0.3) is 0 Å². The summed E-state index contributed by atoms with van der Waals surface area (Å²) in [6.07, 6.45) is 10.8. The van der Waals surface area contributed by atoms with Gasteiger partial charge in [-0.05, 0) is 39.2 Å². The molecule has 0 aromatic carbocycles. The molecule has 0 amide bonds. The van der Waals surface area contributed by atoms with Gasteiger partial charge in [0.25, 0.3) is 0 Å². The van der Waals surface area contributed by atoms with Gasteiger partial charge in [0.15, 0.2) is 0 Å². The standard InChI is InChI=1S/C15H25N3O2/c1-2-20-15(19)5-3-4-9-17-10-6-14(7-11-17)18-12-8-16-13-18/h8,12-14H,2-7,9-11H2,1H3. The van der Waals surface area contributed by atoms with Crippen molar-refractivity contribution in [1.29, 1.82) is 0 Å². The van der Waals surface area contributed by atoms with Crippen LogP contribution in [0.15, 0.2) is 18.7 Å². The molecule has 5 heteroatoms. The molecule has 0 spiro atoms. The highest BCUT2D eigenvalue weighted by atomic mass is 16.5. The smallest absolute Gasteiger partial charge is 0.305 e. The molecule has 0 saturated carbocycles. The Labute approximate surface area is 120 Å². The lowest BCUT2D eigenvalue weighted by atomic mass is 10.0. The number of rotatable bonds is 7. The fraction of sp³-hybridized carbons (Fsp3) is 0.733. The van der Waals surface area contributed by atoms with Crippen molar-refractivity contribution in [2.75, 3.05) is 26.2 Å². The third kappa shape index (κ3) is 4.63. The van der Waals surface area contributed by atoms with Gasteiger partial charge in [-0.25, -0.2) is 4.98 Å². The molecule has 20 heavy (non-hydrogen) atoms. The van der Waals surface area contributed by atoms with Crippen LogP contribution in [0.4, 0.5) is 0 Å². The molecule has 0 radical (unpaired) electrons. The minimum atomic E-state index is -0.0636. The molecular formula is C15H25N3O2. The molecule has 0 bridgehead atoms. The molecule has 0 N–H and O–H groups in total. The topological polar surface area (TPSA) is 47.4 Å². The van der Waals surface area contributed by atoms with E-state index in [0.29, 0.717) is 19.1 Å². The molecule has 1 aliphatic heterocycles. The Morgan fingerprint density at radius 2 is 2.15 bits per heavy atom. The van der Waals surface area contributed by atoms with Crippen LogP contribution in [0.2, 0.25) is 0 Å². The number of esters is 1. The highest BCUT2D eigenvalue weighted by Crippen LogP contribution is 2.22. The van der Waals surface area contributed by atoms with Crippen LogP contribution in [0.5, 0.6) is 0 Å². The molecule has 112 valence electrons. The molecule has 1 saturated heterocycles. The maximum atomic E-state index is 11.2. The van der Waals surface area contributed by atoms with Gasteiger partial charge in [-0.1, -0.05) is 0 Å². The van der Waals surface area contributed by atoms with Crippen LogP contribution in [0, 0.1) is 0 Å². The van der Waals surface area contributed by atoms with Gasteiger partial charge >= 0.3 is 5.97 Å². The average Bonchev–Trinajstić information content (AvgIpc) is 2.99. The molecule has 0 atom stereocenters. The lowest BCUT2D eigenvalue weighted by molar-refractivity contribution is -0.143.